The summed E-state index contributed by atoms with van der Waals surface area (Å²) >= 11 is 1.30. The number of thiazole rings is 1. The maximum Gasteiger partial charge on any atom is 0.338 e. The van der Waals surface area contributed by atoms with E-state index in [0.717, 1.165) is 27.2 Å². The van der Waals surface area contributed by atoms with Crippen LogP contribution in [0.1, 0.15) is 36.6 Å². The number of esters is 1. The first-order chi connectivity index (χ1) is 24.9. The zero-order chi connectivity index (χ0) is 35.2. The van der Waals surface area contributed by atoms with Gasteiger partial charge in [0, 0.05) is 34.8 Å². The number of carbonyl (C=O) groups excluding carboxylic acids is 1. The molecule has 0 fully saturated rings. The van der Waals surface area contributed by atoms with Gasteiger partial charge in [-0.25, -0.2) is 9.79 Å². The average molecular weight is 694 g/mol. The van der Waals surface area contributed by atoms with Crippen LogP contribution in [0.4, 0.5) is 0 Å². The molecule has 254 valence electrons. The first-order valence-corrected chi connectivity index (χ1v) is 17.6. The zero-order valence-corrected chi connectivity index (χ0v) is 29.5. The van der Waals surface area contributed by atoms with Crippen LogP contribution < -0.4 is 24.4 Å². The fourth-order valence-electron chi connectivity index (χ4n) is 7.23. The number of rotatable bonds is 8. The molecule has 0 radical (unpaired) electrons. The minimum absolute atomic E-state index is 0.177. The predicted molar refractivity (Wildman–Crippen MR) is 202 cm³/mol. The molecule has 0 saturated carbocycles. The highest BCUT2D eigenvalue weighted by Gasteiger charge is 2.36. The van der Waals surface area contributed by atoms with E-state index in [1.165, 1.54) is 27.7 Å². The van der Waals surface area contributed by atoms with Crippen molar-refractivity contribution >= 4 is 55.8 Å². The molecule has 1 aliphatic rings. The maximum absolute atomic E-state index is 14.7. The van der Waals surface area contributed by atoms with Gasteiger partial charge in [-0.1, -0.05) is 84.1 Å². The van der Waals surface area contributed by atoms with E-state index in [1.807, 2.05) is 48.5 Å². The number of carbonyl (C=O) groups is 1. The van der Waals surface area contributed by atoms with Crippen molar-refractivity contribution in [3.63, 3.8) is 0 Å². The number of hydrogen-bond acceptors (Lipinski definition) is 7. The average Bonchev–Trinajstić information content (AvgIpc) is 3.65. The Morgan fingerprint density at radius 3 is 2.43 bits per heavy atom. The van der Waals surface area contributed by atoms with E-state index < -0.39 is 12.0 Å². The highest BCUT2D eigenvalue weighted by Crippen LogP contribution is 2.41. The third-order valence-corrected chi connectivity index (χ3v) is 10.6. The van der Waals surface area contributed by atoms with Gasteiger partial charge in [-0.15, -0.1) is 0 Å². The first-order valence-electron chi connectivity index (χ1n) is 16.8. The summed E-state index contributed by atoms with van der Waals surface area (Å²) in [5.74, 6) is 0.641. The number of para-hydroxylation sites is 1. The Morgan fingerprint density at radius 1 is 0.882 bits per heavy atom. The van der Waals surface area contributed by atoms with Crippen molar-refractivity contribution in [3.05, 3.63) is 151 Å². The summed E-state index contributed by atoms with van der Waals surface area (Å²) in [5, 5.41) is 5.14. The molecule has 51 heavy (non-hydrogen) atoms. The highest BCUT2D eigenvalue weighted by molar-refractivity contribution is 7.07. The molecule has 9 heteroatoms. The molecule has 8 rings (SSSR count). The fourth-order valence-corrected chi connectivity index (χ4v) is 8.27. The Kier molecular flexibility index (Phi) is 8.28. The van der Waals surface area contributed by atoms with E-state index in [-0.39, 0.29) is 17.7 Å². The van der Waals surface area contributed by atoms with Crippen molar-refractivity contribution in [2.45, 2.75) is 26.4 Å². The van der Waals surface area contributed by atoms with Crippen LogP contribution in [0.3, 0.4) is 0 Å². The lowest BCUT2D eigenvalue weighted by Crippen LogP contribution is -2.40. The SMILES string of the molecule is CCOC(=O)C1=C(C)N=c2sc(=Cc3cn(Cc4cccc5ccccc45)c4ccccc34)c(=O)n2C1c1c(OC)ccc2ccc(OC)cc12. The Morgan fingerprint density at radius 2 is 1.63 bits per heavy atom. The fraction of sp³-hybridized carbons (Fsp3) is 0.167. The third kappa shape index (κ3) is 5.50. The Hall–Kier alpha value is -5.93. The summed E-state index contributed by atoms with van der Waals surface area (Å²) in [6, 6.07) is 31.7. The van der Waals surface area contributed by atoms with E-state index in [0.29, 0.717) is 38.6 Å². The lowest BCUT2D eigenvalue weighted by Gasteiger charge is -2.27. The van der Waals surface area contributed by atoms with Gasteiger partial charge in [-0.05, 0) is 71.3 Å². The maximum atomic E-state index is 14.7. The molecule has 3 heterocycles. The van der Waals surface area contributed by atoms with E-state index in [1.54, 1.807) is 32.6 Å². The number of fused-ring (bicyclic) bond motifs is 4. The van der Waals surface area contributed by atoms with Crippen molar-refractivity contribution in [2.24, 2.45) is 4.99 Å². The molecule has 1 atom stereocenters. The molecule has 0 N–H and O–H groups in total. The van der Waals surface area contributed by atoms with Crippen LogP contribution in [0.2, 0.25) is 0 Å². The monoisotopic (exact) mass is 693 g/mol. The van der Waals surface area contributed by atoms with Gasteiger partial charge in [0.2, 0.25) is 0 Å². The van der Waals surface area contributed by atoms with E-state index >= 15 is 0 Å². The second-order valence-corrected chi connectivity index (χ2v) is 13.4. The van der Waals surface area contributed by atoms with Crippen molar-refractivity contribution in [1.82, 2.24) is 9.13 Å². The lowest BCUT2D eigenvalue weighted by atomic mass is 9.90. The number of hydrogen-bond donors (Lipinski definition) is 0. The van der Waals surface area contributed by atoms with E-state index in [2.05, 4.69) is 65.4 Å². The molecule has 1 unspecified atom stereocenters. The van der Waals surface area contributed by atoms with E-state index in [4.69, 9.17) is 19.2 Å². The van der Waals surface area contributed by atoms with Crippen molar-refractivity contribution in [2.75, 3.05) is 20.8 Å². The minimum Gasteiger partial charge on any atom is -0.497 e. The molecule has 0 spiro atoms. The molecule has 2 aromatic heterocycles. The molecule has 7 aromatic rings. The largest absolute Gasteiger partial charge is 0.497 e. The second kappa shape index (κ2) is 13.1. The summed E-state index contributed by atoms with van der Waals surface area (Å²) in [4.78, 5) is 33.7. The summed E-state index contributed by atoms with van der Waals surface area (Å²) in [5.41, 5.74) is 4.37. The number of allylic oxidation sites excluding steroid dienone is 1. The Balaban J connectivity index is 1.34. The number of benzene rings is 5. The van der Waals surface area contributed by atoms with Crippen LogP contribution in [0.25, 0.3) is 38.5 Å². The lowest BCUT2D eigenvalue weighted by molar-refractivity contribution is -0.139. The number of ether oxygens (including phenoxy) is 3. The Labute approximate surface area is 297 Å². The molecular weight excluding hydrogens is 659 g/mol. The number of methoxy groups -OCH3 is 2. The minimum atomic E-state index is -0.860. The second-order valence-electron chi connectivity index (χ2n) is 12.4. The summed E-state index contributed by atoms with van der Waals surface area (Å²) in [6.07, 6.45) is 4.05. The van der Waals surface area contributed by atoms with Crippen molar-refractivity contribution in [3.8, 4) is 11.5 Å². The first kappa shape index (κ1) is 32.3. The molecule has 8 nitrogen and oxygen atoms in total. The van der Waals surface area contributed by atoms with Gasteiger partial charge < -0.3 is 18.8 Å². The quantitative estimate of drug-likeness (QED) is 0.158. The number of nitrogens with zero attached hydrogens (tertiary/aromatic N) is 3. The van der Waals surface area contributed by atoms with Crippen molar-refractivity contribution in [1.29, 1.82) is 0 Å². The van der Waals surface area contributed by atoms with Crippen LogP contribution in [0.5, 0.6) is 11.5 Å². The van der Waals surface area contributed by atoms with Crippen LogP contribution in [-0.4, -0.2) is 35.9 Å². The molecule has 0 saturated heterocycles. The highest BCUT2D eigenvalue weighted by atomic mass is 32.1. The third-order valence-electron chi connectivity index (χ3n) is 9.57. The van der Waals surface area contributed by atoms with Gasteiger partial charge in [-0.3, -0.25) is 9.36 Å². The van der Waals surface area contributed by atoms with Crippen LogP contribution >= 0.6 is 11.3 Å². The Bertz CT molecular complexity index is 2720. The summed E-state index contributed by atoms with van der Waals surface area (Å²) in [6.45, 7) is 4.40. The van der Waals surface area contributed by atoms with Gasteiger partial charge in [0.05, 0.1) is 36.6 Å². The van der Waals surface area contributed by atoms with Gasteiger partial charge in [0.1, 0.15) is 17.5 Å². The van der Waals surface area contributed by atoms with Crippen LogP contribution in [-0.2, 0) is 16.1 Å². The zero-order valence-electron chi connectivity index (χ0n) is 28.7. The predicted octanol–water partition coefficient (Wildman–Crippen LogP) is 7.12. The topological polar surface area (TPSA) is 84.1 Å². The summed E-state index contributed by atoms with van der Waals surface area (Å²) in [7, 11) is 3.19. The number of aromatic nitrogens is 2. The van der Waals surface area contributed by atoms with E-state index in [9.17, 15) is 9.59 Å². The summed E-state index contributed by atoms with van der Waals surface area (Å²) < 4.78 is 21.4. The van der Waals surface area contributed by atoms with Crippen LogP contribution in [0, 0.1) is 0 Å². The smallest absolute Gasteiger partial charge is 0.338 e. The van der Waals surface area contributed by atoms with Crippen molar-refractivity contribution < 1.29 is 19.0 Å². The van der Waals surface area contributed by atoms with Crippen LogP contribution in [0.15, 0.2) is 124 Å². The van der Waals surface area contributed by atoms with Gasteiger partial charge in [0.25, 0.3) is 5.56 Å². The van der Waals surface area contributed by atoms with Gasteiger partial charge >= 0.3 is 5.97 Å². The molecular formula is C42H35N3O5S. The van der Waals surface area contributed by atoms with Gasteiger partial charge in [-0.2, -0.15) is 0 Å². The molecule has 5 aromatic carbocycles. The van der Waals surface area contributed by atoms with Gasteiger partial charge in [0.15, 0.2) is 4.80 Å². The standard InChI is InChI=1S/C42H35N3O5S/c1-5-50-41(47)37-25(2)43-42-45(39(37)38-33-22-30(48-3)19-17-27(33)18-20-35(38)49-4)40(46)36(51-42)21-29-24-44(34-16-9-8-15-32(29)34)23-28-13-10-12-26-11-6-7-14-31(26)28/h6-22,24,39H,5,23H2,1-4H3. The normalized spacial score (nSPS) is 14.6. The molecule has 0 aliphatic carbocycles. The molecule has 1 aliphatic heterocycles. The molecule has 0 amide bonds. The molecule has 0 bridgehead atoms.